The zero-order valence-electron chi connectivity index (χ0n) is 13.5. The zero-order valence-corrected chi connectivity index (χ0v) is 15.1. The predicted molar refractivity (Wildman–Crippen MR) is 100 cm³/mol. The van der Waals surface area contributed by atoms with Gasteiger partial charge in [0.1, 0.15) is 10.6 Å². The lowest BCUT2D eigenvalue weighted by Gasteiger charge is -2.26. The van der Waals surface area contributed by atoms with Crippen LogP contribution in [0.15, 0.2) is 52.9 Å². The van der Waals surface area contributed by atoms with E-state index in [1.165, 1.54) is 24.6 Å². The second kappa shape index (κ2) is 6.07. The Bertz CT molecular complexity index is 1100. The van der Waals surface area contributed by atoms with Crippen LogP contribution in [0.1, 0.15) is 0 Å². The highest BCUT2D eigenvalue weighted by Gasteiger charge is 2.35. The van der Waals surface area contributed by atoms with Gasteiger partial charge in [-0.1, -0.05) is 18.2 Å². The zero-order chi connectivity index (χ0) is 18.3. The number of para-hydroxylation sites is 1. The van der Waals surface area contributed by atoms with Crippen molar-refractivity contribution in [1.29, 1.82) is 0 Å². The van der Waals surface area contributed by atoms with Crippen LogP contribution < -0.4 is 14.9 Å². The van der Waals surface area contributed by atoms with Crippen molar-refractivity contribution in [2.24, 2.45) is 0 Å². The fourth-order valence-corrected chi connectivity index (χ4v) is 5.16. The standard InChI is InChI=1S/C16H13N5O3S2/c1-21-11-9-17-15(20-16(22)18-10-5-3-2-4-6-10)19-13(11)14-12(7-8-25-14)26(21,23)24/h2-9H,1H3,(H2,17,18,19,20,22). The van der Waals surface area contributed by atoms with Gasteiger partial charge in [0, 0.05) is 12.7 Å². The van der Waals surface area contributed by atoms with Gasteiger partial charge in [-0.05, 0) is 23.6 Å². The number of thiophene rings is 1. The lowest BCUT2D eigenvalue weighted by molar-refractivity contribution is 0.262. The van der Waals surface area contributed by atoms with Gasteiger partial charge in [0.25, 0.3) is 10.0 Å². The smallest absolute Gasteiger partial charge is 0.308 e. The molecule has 0 spiro atoms. The van der Waals surface area contributed by atoms with Crippen LogP contribution in [0, 0.1) is 0 Å². The van der Waals surface area contributed by atoms with Gasteiger partial charge in [-0.15, -0.1) is 11.3 Å². The summed E-state index contributed by atoms with van der Waals surface area (Å²) in [6.45, 7) is 0. The molecule has 2 aromatic heterocycles. The van der Waals surface area contributed by atoms with Crippen molar-refractivity contribution in [3.8, 4) is 10.6 Å². The fraction of sp³-hybridized carbons (Fsp3) is 0.0625. The largest absolute Gasteiger partial charge is 0.326 e. The molecule has 10 heteroatoms. The average molecular weight is 387 g/mol. The number of hydrogen-bond acceptors (Lipinski definition) is 6. The third-order valence-corrected chi connectivity index (χ3v) is 6.71. The third kappa shape index (κ3) is 2.68. The number of carbonyl (C=O) groups excluding carboxylic acids is 1. The van der Waals surface area contributed by atoms with Gasteiger partial charge in [-0.2, -0.15) is 0 Å². The van der Waals surface area contributed by atoms with Gasteiger partial charge in [0.2, 0.25) is 5.95 Å². The van der Waals surface area contributed by atoms with Crippen LogP contribution in [0.3, 0.4) is 0 Å². The number of nitrogens with zero attached hydrogens (tertiary/aromatic N) is 3. The van der Waals surface area contributed by atoms with E-state index in [9.17, 15) is 13.2 Å². The second-order valence-electron chi connectivity index (χ2n) is 5.46. The molecule has 0 bridgehead atoms. The van der Waals surface area contributed by atoms with Gasteiger partial charge in [-0.25, -0.2) is 23.2 Å². The molecule has 0 aliphatic carbocycles. The lowest BCUT2D eigenvalue weighted by Crippen LogP contribution is -2.30. The molecular weight excluding hydrogens is 374 g/mol. The number of hydrogen-bond donors (Lipinski definition) is 2. The highest BCUT2D eigenvalue weighted by atomic mass is 32.2. The molecule has 0 atom stereocenters. The highest BCUT2D eigenvalue weighted by Crippen LogP contribution is 2.43. The first-order chi connectivity index (χ1) is 12.5. The molecule has 1 aromatic carbocycles. The molecule has 8 nitrogen and oxygen atoms in total. The molecule has 0 saturated heterocycles. The van der Waals surface area contributed by atoms with Crippen LogP contribution in [-0.2, 0) is 10.0 Å². The first-order valence-electron chi connectivity index (χ1n) is 7.54. The van der Waals surface area contributed by atoms with Crippen LogP contribution >= 0.6 is 11.3 Å². The molecule has 1 aliphatic heterocycles. The Kier molecular flexibility index (Phi) is 3.85. The molecule has 0 radical (unpaired) electrons. The summed E-state index contributed by atoms with van der Waals surface area (Å²) in [5.41, 5.74) is 1.47. The first-order valence-corrected chi connectivity index (χ1v) is 9.85. The van der Waals surface area contributed by atoms with Crippen molar-refractivity contribution in [2.75, 3.05) is 22.0 Å². The van der Waals surface area contributed by atoms with Gasteiger partial charge < -0.3 is 5.32 Å². The molecule has 0 saturated carbocycles. The van der Waals surface area contributed by atoms with E-state index in [0.717, 1.165) is 4.31 Å². The summed E-state index contributed by atoms with van der Waals surface area (Å²) in [5, 5.41) is 6.93. The Morgan fingerprint density at radius 2 is 1.92 bits per heavy atom. The molecule has 0 unspecified atom stereocenters. The van der Waals surface area contributed by atoms with Gasteiger partial charge >= 0.3 is 6.03 Å². The molecule has 132 valence electrons. The lowest BCUT2D eigenvalue weighted by atomic mass is 10.3. The van der Waals surface area contributed by atoms with Gasteiger partial charge in [0.15, 0.2) is 0 Å². The molecule has 0 fully saturated rings. The van der Waals surface area contributed by atoms with Crippen molar-refractivity contribution in [3.63, 3.8) is 0 Å². The van der Waals surface area contributed by atoms with E-state index in [2.05, 4.69) is 20.6 Å². The number of nitrogens with one attached hydrogen (secondary N) is 2. The van der Waals surface area contributed by atoms with E-state index >= 15 is 0 Å². The van der Waals surface area contributed by atoms with Crippen molar-refractivity contribution < 1.29 is 13.2 Å². The van der Waals surface area contributed by atoms with E-state index in [1.54, 1.807) is 35.7 Å². The normalized spacial score (nSPS) is 14.3. The van der Waals surface area contributed by atoms with E-state index < -0.39 is 16.1 Å². The number of carbonyl (C=O) groups is 1. The fourth-order valence-electron chi connectivity index (χ4n) is 2.57. The number of anilines is 3. The number of fused-ring (bicyclic) bond motifs is 3. The summed E-state index contributed by atoms with van der Waals surface area (Å²) in [7, 11) is -2.15. The molecule has 2 N–H and O–H groups in total. The van der Waals surface area contributed by atoms with Crippen molar-refractivity contribution in [1.82, 2.24) is 9.97 Å². The Hall–Kier alpha value is -2.98. The maximum atomic E-state index is 12.5. The molecule has 2 amide bonds. The number of benzene rings is 1. The third-order valence-electron chi connectivity index (χ3n) is 3.85. The molecule has 1 aliphatic rings. The summed E-state index contributed by atoms with van der Waals surface area (Å²) >= 11 is 1.28. The topological polar surface area (TPSA) is 104 Å². The Balaban J connectivity index is 1.65. The summed E-state index contributed by atoms with van der Waals surface area (Å²) < 4.78 is 26.1. The number of sulfonamides is 1. The number of amides is 2. The molecule has 3 heterocycles. The van der Waals surface area contributed by atoms with Crippen molar-refractivity contribution >= 4 is 44.7 Å². The summed E-state index contributed by atoms with van der Waals surface area (Å²) in [4.78, 5) is 21.3. The van der Waals surface area contributed by atoms with Gasteiger partial charge in [0.05, 0.1) is 16.8 Å². The summed E-state index contributed by atoms with van der Waals surface area (Å²) in [6, 6.07) is 10.0. The molecular formula is C16H13N5O3S2. The molecule has 4 rings (SSSR count). The first kappa shape index (κ1) is 16.5. The monoisotopic (exact) mass is 387 g/mol. The Morgan fingerprint density at radius 3 is 2.69 bits per heavy atom. The second-order valence-corrected chi connectivity index (χ2v) is 8.31. The van der Waals surface area contributed by atoms with Crippen LogP contribution in [0.25, 0.3) is 10.6 Å². The van der Waals surface area contributed by atoms with Gasteiger partial charge in [-0.3, -0.25) is 9.62 Å². The summed E-state index contributed by atoms with van der Waals surface area (Å²) in [6.07, 6.45) is 1.39. The van der Waals surface area contributed by atoms with Crippen LogP contribution in [0.2, 0.25) is 0 Å². The number of urea groups is 1. The maximum absolute atomic E-state index is 12.5. The molecule has 26 heavy (non-hydrogen) atoms. The minimum Gasteiger partial charge on any atom is -0.308 e. The quantitative estimate of drug-likeness (QED) is 0.703. The summed E-state index contributed by atoms with van der Waals surface area (Å²) in [5.74, 6) is 0.0872. The van der Waals surface area contributed by atoms with E-state index in [-0.39, 0.29) is 10.8 Å². The van der Waals surface area contributed by atoms with E-state index in [0.29, 0.717) is 21.9 Å². The predicted octanol–water partition coefficient (Wildman–Crippen LogP) is 2.99. The molecule has 3 aromatic rings. The van der Waals surface area contributed by atoms with E-state index in [4.69, 9.17) is 0 Å². The van der Waals surface area contributed by atoms with E-state index in [1.807, 2.05) is 6.07 Å². The maximum Gasteiger partial charge on any atom is 0.326 e. The number of rotatable bonds is 2. The average Bonchev–Trinajstić information content (AvgIpc) is 3.12. The Morgan fingerprint density at radius 1 is 1.15 bits per heavy atom. The van der Waals surface area contributed by atoms with Crippen LogP contribution in [-0.4, -0.2) is 31.5 Å². The minimum absolute atomic E-state index is 0.0872. The SMILES string of the molecule is CN1c2cnc(NC(=O)Nc3ccccc3)nc2-c2sccc2S1(=O)=O. The van der Waals surface area contributed by atoms with Crippen LogP contribution in [0.4, 0.5) is 22.1 Å². The number of aromatic nitrogens is 2. The van der Waals surface area contributed by atoms with Crippen LogP contribution in [0.5, 0.6) is 0 Å². The highest BCUT2D eigenvalue weighted by molar-refractivity contribution is 7.93. The van der Waals surface area contributed by atoms with Crippen molar-refractivity contribution in [3.05, 3.63) is 48.0 Å². The Labute approximate surface area is 153 Å². The minimum atomic E-state index is -3.60. The van der Waals surface area contributed by atoms with Crippen molar-refractivity contribution in [2.45, 2.75) is 4.90 Å².